The van der Waals surface area contributed by atoms with E-state index < -0.39 is 0 Å². The summed E-state index contributed by atoms with van der Waals surface area (Å²) in [5.74, 6) is -0.622. The maximum Gasteiger partial charge on any atom is 0.255 e. The number of para-hydroxylation sites is 1. The van der Waals surface area contributed by atoms with Crippen molar-refractivity contribution in [3.63, 3.8) is 0 Å². The minimum absolute atomic E-state index is 0.273. The zero-order valence-corrected chi connectivity index (χ0v) is 13.8. The number of nitrogens with one attached hydrogen (secondary N) is 2. The summed E-state index contributed by atoms with van der Waals surface area (Å²) in [5, 5.41) is 6.05. The molecule has 0 aliphatic rings. The molecule has 2 rings (SSSR count). The second kappa shape index (κ2) is 7.31. The Morgan fingerprint density at radius 3 is 2.04 bits per heavy atom. The number of carbonyl (C=O) groups excluding carboxylic acids is 2. The van der Waals surface area contributed by atoms with E-state index in [2.05, 4.69) is 17.2 Å². The number of hydrogen-bond acceptors (Lipinski definition) is 2. The minimum Gasteiger partial charge on any atom is -0.322 e. The van der Waals surface area contributed by atoms with Gasteiger partial charge in [0.25, 0.3) is 11.8 Å². The lowest BCUT2D eigenvalue weighted by atomic mass is 10.2. The van der Waals surface area contributed by atoms with Crippen molar-refractivity contribution in [2.45, 2.75) is 6.92 Å². The molecule has 23 heavy (non-hydrogen) atoms. The summed E-state index contributed by atoms with van der Waals surface area (Å²) in [5.41, 5.74) is 1.75. The van der Waals surface area contributed by atoms with Crippen LogP contribution in [-0.4, -0.2) is 11.8 Å². The van der Waals surface area contributed by atoms with Gasteiger partial charge >= 0.3 is 0 Å². The van der Waals surface area contributed by atoms with Crippen LogP contribution < -0.4 is 10.6 Å². The molecular weight excluding hydrogens is 335 g/mol. The molecule has 0 fully saturated rings. The zero-order valence-electron chi connectivity index (χ0n) is 12.3. The molecule has 0 unspecified atom stereocenters. The Morgan fingerprint density at radius 1 is 0.957 bits per heavy atom. The van der Waals surface area contributed by atoms with Gasteiger partial charge in [-0.2, -0.15) is 0 Å². The summed E-state index contributed by atoms with van der Waals surface area (Å²) in [7, 11) is 0. The molecule has 0 bridgehead atoms. The number of rotatable bonds is 4. The van der Waals surface area contributed by atoms with Crippen molar-refractivity contribution in [3.05, 3.63) is 70.2 Å². The summed E-state index contributed by atoms with van der Waals surface area (Å²) >= 11 is 12.0. The Labute approximate surface area is 144 Å². The van der Waals surface area contributed by atoms with Crippen LogP contribution >= 0.6 is 23.2 Å². The van der Waals surface area contributed by atoms with Gasteiger partial charge in [-0.05, 0) is 43.3 Å². The van der Waals surface area contributed by atoms with Gasteiger partial charge in [-0.3, -0.25) is 9.59 Å². The number of halogens is 2. The third-order valence-corrected chi connectivity index (χ3v) is 3.62. The number of amides is 2. The number of carbonyl (C=O) groups is 2. The van der Waals surface area contributed by atoms with Crippen LogP contribution in [0.15, 0.2) is 54.6 Å². The normalized spacial score (nSPS) is 10.0. The van der Waals surface area contributed by atoms with E-state index in [1.54, 1.807) is 49.4 Å². The van der Waals surface area contributed by atoms with E-state index in [1.165, 1.54) is 0 Å². The monoisotopic (exact) mass is 348 g/mol. The lowest BCUT2D eigenvalue weighted by Crippen LogP contribution is -2.14. The van der Waals surface area contributed by atoms with Crippen LogP contribution in [-0.2, 0) is 4.79 Å². The van der Waals surface area contributed by atoms with Gasteiger partial charge in [0.2, 0.25) is 0 Å². The van der Waals surface area contributed by atoms with E-state index in [0.717, 1.165) is 0 Å². The van der Waals surface area contributed by atoms with Crippen molar-refractivity contribution in [2.75, 3.05) is 10.6 Å². The Hall–Kier alpha value is -2.30. The van der Waals surface area contributed by atoms with Crippen molar-refractivity contribution >= 4 is 46.4 Å². The van der Waals surface area contributed by atoms with Crippen molar-refractivity contribution in [3.8, 4) is 0 Å². The first-order valence-electron chi connectivity index (χ1n) is 6.71. The molecule has 0 spiro atoms. The first-order chi connectivity index (χ1) is 10.9. The molecule has 0 saturated carbocycles. The largest absolute Gasteiger partial charge is 0.322 e. The van der Waals surface area contributed by atoms with Crippen LogP contribution in [0.25, 0.3) is 0 Å². The average molecular weight is 349 g/mol. The molecule has 0 aliphatic carbocycles. The topological polar surface area (TPSA) is 58.2 Å². The fourth-order valence-corrected chi connectivity index (χ4v) is 2.24. The van der Waals surface area contributed by atoms with E-state index in [0.29, 0.717) is 32.6 Å². The summed E-state index contributed by atoms with van der Waals surface area (Å²) in [6.45, 7) is 5.17. The molecule has 0 heterocycles. The summed E-state index contributed by atoms with van der Waals surface area (Å²) in [4.78, 5) is 23.8. The molecule has 0 saturated heterocycles. The Balaban J connectivity index is 2.12. The van der Waals surface area contributed by atoms with Crippen molar-refractivity contribution in [1.82, 2.24) is 0 Å². The van der Waals surface area contributed by atoms with E-state index >= 15 is 0 Å². The highest BCUT2D eigenvalue weighted by atomic mass is 35.5. The maximum atomic E-state index is 12.2. The smallest absolute Gasteiger partial charge is 0.255 e. The fraction of sp³-hybridized carbons (Fsp3) is 0.0588. The van der Waals surface area contributed by atoms with Crippen LogP contribution in [0.3, 0.4) is 0 Å². The standard InChI is InChI=1S/C17H14Cl2N2O2/c1-10(2)16(22)20-12-8-6-11(7-9-12)17(23)21-15-13(18)4-3-5-14(15)19/h3-9H,1H2,2H3,(H,20,22)(H,21,23). The molecule has 2 aromatic rings. The molecule has 6 heteroatoms. The quantitative estimate of drug-likeness (QED) is 0.782. The van der Waals surface area contributed by atoms with Gasteiger partial charge in [0.1, 0.15) is 0 Å². The number of hydrogen-bond donors (Lipinski definition) is 2. The molecule has 0 aliphatic heterocycles. The minimum atomic E-state index is -0.349. The van der Waals surface area contributed by atoms with Crippen LogP contribution in [0.4, 0.5) is 11.4 Å². The fourth-order valence-electron chi connectivity index (χ4n) is 1.75. The van der Waals surface area contributed by atoms with E-state index in [-0.39, 0.29) is 11.8 Å². The third-order valence-electron chi connectivity index (χ3n) is 2.99. The van der Waals surface area contributed by atoms with E-state index in [4.69, 9.17) is 23.2 Å². The summed E-state index contributed by atoms with van der Waals surface area (Å²) in [6, 6.07) is 11.4. The SMILES string of the molecule is C=C(C)C(=O)Nc1ccc(C(=O)Nc2c(Cl)cccc2Cl)cc1. The molecule has 4 nitrogen and oxygen atoms in total. The van der Waals surface area contributed by atoms with Gasteiger partial charge in [0.05, 0.1) is 15.7 Å². The molecule has 0 atom stereocenters. The second-order valence-corrected chi connectivity index (χ2v) is 5.68. The van der Waals surface area contributed by atoms with E-state index in [1.807, 2.05) is 0 Å². The predicted molar refractivity (Wildman–Crippen MR) is 94.3 cm³/mol. The Morgan fingerprint density at radius 2 is 1.52 bits per heavy atom. The predicted octanol–water partition coefficient (Wildman–Crippen LogP) is 4.76. The first kappa shape index (κ1) is 17.1. The highest BCUT2D eigenvalue weighted by Gasteiger charge is 2.11. The molecule has 0 radical (unpaired) electrons. The average Bonchev–Trinajstić information content (AvgIpc) is 2.51. The molecule has 118 valence electrons. The number of benzene rings is 2. The highest BCUT2D eigenvalue weighted by molar-refractivity contribution is 6.40. The lowest BCUT2D eigenvalue weighted by Gasteiger charge is -2.10. The molecular formula is C17H14Cl2N2O2. The van der Waals surface area contributed by atoms with Crippen LogP contribution in [0.5, 0.6) is 0 Å². The van der Waals surface area contributed by atoms with E-state index in [9.17, 15) is 9.59 Å². The van der Waals surface area contributed by atoms with Crippen molar-refractivity contribution in [2.24, 2.45) is 0 Å². The van der Waals surface area contributed by atoms with Crippen molar-refractivity contribution < 1.29 is 9.59 Å². The summed E-state index contributed by atoms with van der Waals surface area (Å²) in [6.07, 6.45) is 0. The second-order valence-electron chi connectivity index (χ2n) is 4.86. The molecule has 2 N–H and O–H groups in total. The van der Waals surface area contributed by atoms with Gasteiger partial charge in [0, 0.05) is 16.8 Å². The van der Waals surface area contributed by atoms with Gasteiger partial charge in [-0.1, -0.05) is 35.8 Å². The Bertz CT molecular complexity index is 750. The zero-order chi connectivity index (χ0) is 17.0. The molecule has 0 aromatic heterocycles. The van der Waals surface area contributed by atoms with Crippen molar-refractivity contribution in [1.29, 1.82) is 0 Å². The molecule has 2 amide bonds. The first-order valence-corrected chi connectivity index (χ1v) is 7.46. The van der Waals surface area contributed by atoms with Gasteiger partial charge in [0.15, 0.2) is 0 Å². The lowest BCUT2D eigenvalue weighted by molar-refractivity contribution is -0.112. The number of anilines is 2. The van der Waals surface area contributed by atoms with Crippen LogP contribution in [0.1, 0.15) is 17.3 Å². The van der Waals surface area contributed by atoms with Gasteiger partial charge in [-0.15, -0.1) is 0 Å². The maximum absolute atomic E-state index is 12.2. The highest BCUT2D eigenvalue weighted by Crippen LogP contribution is 2.30. The third kappa shape index (κ3) is 4.34. The van der Waals surface area contributed by atoms with Crippen LogP contribution in [0, 0.1) is 0 Å². The van der Waals surface area contributed by atoms with Gasteiger partial charge < -0.3 is 10.6 Å². The van der Waals surface area contributed by atoms with Crippen LogP contribution in [0.2, 0.25) is 10.0 Å². The van der Waals surface area contributed by atoms with Gasteiger partial charge in [-0.25, -0.2) is 0 Å². The summed E-state index contributed by atoms with van der Waals surface area (Å²) < 4.78 is 0. The Kier molecular flexibility index (Phi) is 5.42. The molecule has 2 aromatic carbocycles.